The molecule has 64 heavy (non-hydrogen) atoms. The Morgan fingerprint density at radius 1 is 0.656 bits per heavy atom. The average molecular weight is 919 g/mol. The fraction of sp³-hybridized carbons (Fsp3) is 0.732. The molecule has 1 saturated heterocycles. The van der Waals surface area contributed by atoms with Crippen LogP contribution in [0.4, 0.5) is 4.79 Å². The second kappa shape index (κ2) is 26.4. The number of nitrogens with zero attached hydrogens (tertiary/aromatic N) is 4. The minimum absolute atomic E-state index is 0.0580. The molecule has 1 saturated carbocycles. The molecule has 0 bridgehead atoms. The van der Waals surface area contributed by atoms with Crippen molar-refractivity contribution in [1.82, 2.24) is 18.6 Å². The van der Waals surface area contributed by atoms with Crippen molar-refractivity contribution in [2.45, 2.75) is 117 Å². The summed E-state index contributed by atoms with van der Waals surface area (Å²) in [5.41, 5.74) is -2.99. The number of aliphatic hydroxyl groups is 2. The van der Waals surface area contributed by atoms with Gasteiger partial charge in [0.15, 0.2) is 0 Å². The van der Waals surface area contributed by atoms with Gasteiger partial charge in [0.05, 0.1) is 90.1 Å². The number of carbonyl (C=O) groups excluding carboxylic acids is 6. The molecule has 23 heteroatoms. The van der Waals surface area contributed by atoms with Crippen LogP contribution in [0.1, 0.15) is 61.3 Å². The Bertz CT molecular complexity index is 1820. The van der Waals surface area contributed by atoms with Gasteiger partial charge in [0.1, 0.15) is 23.9 Å². The van der Waals surface area contributed by atoms with Crippen molar-refractivity contribution in [1.29, 1.82) is 0 Å². The number of esters is 5. The van der Waals surface area contributed by atoms with E-state index in [9.17, 15) is 53.4 Å². The molecule has 0 spiro atoms. The van der Waals surface area contributed by atoms with E-state index in [2.05, 4.69) is 11.3 Å². The van der Waals surface area contributed by atoms with Crippen molar-refractivity contribution in [3.05, 3.63) is 44.1 Å². The quantitative estimate of drug-likeness (QED) is 0.115. The van der Waals surface area contributed by atoms with Gasteiger partial charge in [-0.3, -0.25) is 24.1 Å². The molecule has 5 atom stereocenters. The lowest BCUT2D eigenvalue weighted by molar-refractivity contribution is -0.202. The van der Waals surface area contributed by atoms with Gasteiger partial charge in [0.2, 0.25) is 0 Å². The zero-order valence-electron chi connectivity index (χ0n) is 38.8. The summed E-state index contributed by atoms with van der Waals surface area (Å²) in [7, 11) is 6.46. The molecule has 0 radical (unpaired) electrons. The first-order valence-corrected chi connectivity index (χ1v) is 20.4. The molecule has 2 N–H and O–H groups in total. The third-order valence-electron chi connectivity index (χ3n) is 9.42. The average Bonchev–Trinajstić information content (AvgIpc) is 3.69. The van der Waals surface area contributed by atoms with Gasteiger partial charge in [0.25, 0.3) is 0 Å². The SMILES string of the molecule is C=CCn1c(=O)n(CC(C)O)c(=O)n(CC(C)O)c1=O.COC(=O)C1CCCN1C(=O)OC(C)(C)C.COCC(C)OC(=O)C1C(C(=O)OC)C(C(=O)OC(C)COC)C1C(=O)OC. The fourth-order valence-corrected chi connectivity index (χ4v) is 6.78. The third-order valence-corrected chi connectivity index (χ3v) is 9.42. The van der Waals surface area contributed by atoms with Gasteiger partial charge in [-0.05, 0) is 61.3 Å². The van der Waals surface area contributed by atoms with Gasteiger partial charge in [-0.15, -0.1) is 6.58 Å². The Labute approximate surface area is 371 Å². The predicted octanol–water partition coefficient (Wildman–Crippen LogP) is -0.355. The van der Waals surface area contributed by atoms with E-state index in [1.54, 1.807) is 34.6 Å². The van der Waals surface area contributed by atoms with Crippen LogP contribution < -0.4 is 17.1 Å². The minimum Gasteiger partial charge on any atom is -0.469 e. The summed E-state index contributed by atoms with van der Waals surface area (Å²) < 4.78 is 42.0. The molecule has 1 aliphatic carbocycles. The zero-order valence-corrected chi connectivity index (χ0v) is 38.8. The molecule has 23 nitrogen and oxygen atoms in total. The maximum absolute atomic E-state index is 12.6. The number of aliphatic hydroxyl groups excluding tert-OH is 2. The molecule has 2 aliphatic rings. The number of likely N-dealkylation sites (tertiary alicyclic amines) is 1. The van der Waals surface area contributed by atoms with Crippen molar-refractivity contribution in [2.75, 3.05) is 55.3 Å². The third kappa shape index (κ3) is 16.0. The summed E-state index contributed by atoms with van der Waals surface area (Å²) in [6.45, 7) is 15.2. The molecule has 0 aromatic carbocycles. The first kappa shape index (κ1) is 56.6. The molecule has 1 aliphatic heterocycles. The summed E-state index contributed by atoms with van der Waals surface area (Å²) in [4.78, 5) is 111. The highest BCUT2D eigenvalue weighted by Gasteiger charge is 2.66. The lowest BCUT2D eigenvalue weighted by Gasteiger charge is -2.45. The maximum Gasteiger partial charge on any atom is 0.411 e. The maximum atomic E-state index is 12.6. The summed E-state index contributed by atoms with van der Waals surface area (Å²) >= 11 is 0. The van der Waals surface area contributed by atoms with Crippen LogP contribution in [0.25, 0.3) is 0 Å². The van der Waals surface area contributed by atoms with Crippen molar-refractivity contribution in [3.63, 3.8) is 0 Å². The molecule has 1 amide bonds. The summed E-state index contributed by atoms with van der Waals surface area (Å²) in [5.74, 6) is -8.54. The number of rotatable bonds is 17. The standard InChI is InChI=1S/C18H28O10.C12H19N3O5.C11H19NO4/c1-9(7-23-3)27-17(21)13-11(15(19)25-5)14(12(13)16(20)26-6)18(22)28-10(2)8-24-4;1-4-5-13-10(18)14(6-8(2)16)12(20)15(11(13)19)7-9(3)17;1-11(2,3)16-10(14)12-7-5-6-8(12)9(13)15-4/h9-14H,7-8H2,1-6H3;4,8-9,16-17H,1,5-7H2,2-3H3;8H,5-7H2,1-4H3. The molecule has 1 aromatic rings. The molecule has 1 aromatic heterocycles. The van der Waals surface area contributed by atoms with Gasteiger partial charge < -0.3 is 48.1 Å². The van der Waals surface area contributed by atoms with Crippen LogP contribution >= 0.6 is 0 Å². The van der Waals surface area contributed by atoms with Gasteiger partial charge in [0, 0.05) is 20.8 Å². The Hall–Kier alpha value is -5.39. The highest BCUT2D eigenvalue weighted by atomic mass is 16.6. The lowest BCUT2D eigenvalue weighted by atomic mass is 9.56. The molecule has 2 heterocycles. The number of carbonyl (C=O) groups is 6. The molecule has 3 rings (SSSR count). The molecule has 2 fully saturated rings. The highest BCUT2D eigenvalue weighted by molar-refractivity contribution is 5.97. The zero-order chi connectivity index (χ0) is 49.2. The lowest BCUT2D eigenvalue weighted by Crippen LogP contribution is -2.61. The first-order valence-electron chi connectivity index (χ1n) is 20.4. The van der Waals surface area contributed by atoms with Crippen LogP contribution in [0.5, 0.6) is 0 Å². The number of allylic oxidation sites excluding steroid dienone is 1. The van der Waals surface area contributed by atoms with Crippen LogP contribution in [0, 0.1) is 23.7 Å². The van der Waals surface area contributed by atoms with E-state index in [0.717, 1.165) is 34.3 Å². The van der Waals surface area contributed by atoms with Crippen molar-refractivity contribution in [3.8, 4) is 0 Å². The van der Waals surface area contributed by atoms with E-state index in [0.29, 0.717) is 13.0 Å². The Morgan fingerprint density at radius 3 is 1.36 bits per heavy atom. The van der Waals surface area contributed by atoms with Crippen molar-refractivity contribution < 1.29 is 76.9 Å². The Morgan fingerprint density at radius 2 is 1.03 bits per heavy atom. The van der Waals surface area contributed by atoms with Crippen LogP contribution in [0.3, 0.4) is 0 Å². The Balaban J connectivity index is 0.000000501. The number of amides is 1. The summed E-state index contributed by atoms with van der Waals surface area (Å²) in [6, 6.07) is -0.486. The Kier molecular flexibility index (Phi) is 23.4. The van der Waals surface area contributed by atoms with Crippen LogP contribution in [0.15, 0.2) is 27.0 Å². The second-order valence-corrected chi connectivity index (χ2v) is 16.1. The summed E-state index contributed by atoms with van der Waals surface area (Å²) in [5, 5.41) is 18.7. The molecule has 5 unspecified atom stereocenters. The van der Waals surface area contributed by atoms with E-state index in [-0.39, 0.29) is 38.8 Å². The van der Waals surface area contributed by atoms with E-state index in [1.165, 1.54) is 46.2 Å². The van der Waals surface area contributed by atoms with Gasteiger partial charge >= 0.3 is 53.0 Å². The van der Waals surface area contributed by atoms with Crippen LogP contribution in [0.2, 0.25) is 0 Å². The highest BCUT2D eigenvalue weighted by Crippen LogP contribution is 2.49. The first-order chi connectivity index (χ1) is 29.9. The number of ether oxygens (including phenoxy) is 8. The van der Waals surface area contributed by atoms with E-state index in [4.69, 9.17) is 33.2 Å². The van der Waals surface area contributed by atoms with Gasteiger partial charge in [-0.2, -0.15) is 0 Å². The monoisotopic (exact) mass is 918 g/mol. The molecule has 364 valence electrons. The molecular formula is C41H66N4O19. The van der Waals surface area contributed by atoms with E-state index >= 15 is 0 Å². The van der Waals surface area contributed by atoms with Crippen LogP contribution in [-0.2, 0) is 81.5 Å². The molecular weight excluding hydrogens is 852 g/mol. The largest absolute Gasteiger partial charge is 0.469 e. The van der Waals surface area contributed by atoms with E-state index < -0.39 is 107 Å². The minimum atomic E-state index is -1.23. The fourth-order valence-electron chi connectivity index (χ4n) is 6.78. The number of hydrogen-bond acceptors (Lipinski definition) is 19. The number of hydrogen-bond donors (Lipinski definition) is 2. The van der Waals surface area contributed by atoms with E-state index in [1.807, 2.05) is 0 Å². The summed E-state index contributed by atoms with van der Waals surface area (Å²) in [6.07, 6.45) is -0.702. The smallest absolute Gasteiger partial charge is 0.411 e. The van der Waals surface area contributed by atoms with Gasteiger partial charge in [-0.25, -0.2) is 37.7 Å². The van der Waals surface area contributed by atoms with Crippen molar-refractivity contribution >= 4 is 35.9 Å². The predicted molar refractivity (Wildman–Crippen MR) is 224 cm³/mol. The number of methoxy groups -OCH3 is 5. The normalized spacial score (nSPS) is 20.8. The van der Waals surface area contributed by atoms with Crippen LogP contribution in [-0.4, -0.2) is 156 Å². The topological polar surface area (TPSA) is 286 Å². The second-order valence-electron chi connectivity index (χ2n) is 16.1. The number of aromatic nitrogens is 3. The van der Waals surface area contributed by atoms with Crippen molar-refractivity contribution in [2.24, 2.45) is 23.7 Å². The van der Waals surface area contributed by atoms with Gasteiger partial charge in [-0.1, -0.05) is 6.08 Å².